The molecular weight excluding hydrogens is 328 g/mol. The number of rotatable bonds is 6. The Morgan fingerprint density at radius 3 is 2.78 bits per heavy atom. The highest BCUT2D eigenvalue weighted by molar-refractivity contribution is 6.34. The minimum atomic E-state index is -0.977. The largest absolute Gasteiger partial charge is 0.481 e. The normalized spacial score (nSPS) is 10.3. The maximum atomic E-state index is 12.1. The predicted molar refractivity (Wildman–Crippen MR) is 80.5 cm³/mol. The van der Waals surface area contributed by atoms with Crippen molar-refractivity contribution in [3.63, 3.8) is 0 Å². The second-order valence-electron chi connectivity index (χ2n) is 4.48. The summed E-state index contributed by atoms with van der Waals surface area (Å²) in [5.74, 6) is -1.59. The van der Waals surface area contributed by atoms with Crippen molar-refractivity contribution in [1.82, 2.24) is 9.78 Å². The SMILES string of the molecule is O=C(O)CCn1ccc(C(=O)Nc2cc([N+](=O)[O-])ccc2Cl)n1. The van der Waals surface area contributed by atoms with Crippen LogP contribution in [0, 0.1) is 10.1 Å². The maximum Gasteiger partial charge on any atom is 0.305 e. The van der Waals surface area contributed by atoms with Gasteiger partial charge in [-0.25, -0.2) is 0 Å². The molecule has 0 unspecified atom stereocenters. The fourth-order valence-electron chi connectivity index (χ4n) is 1.73. The van der Waals surface area contributed by atoms with Gasteiger partial charge in [0.15, 0.2) is 5.69 Å². The Kier molecular flexibility index (Phi) is 4.91. The van der Waals surface area contributed by atoms with E-state index >= 15 is 0 Å². The molecule has 0 fully saturated rings. The Morgan fingerprint density at radius 1 is 1.39 bits per heavy atom. The number of aryl methyl sites for hydroxylation is 1. The number of hydrogen-bond acceptors (Lipinski definition) is 5. The standard InChI is InChI=1S/C13H11ClN4O5/c14-9-2-1-8(18(22)23)7-11(9)15-13(21)10-3-5-17(16-10)6-4-12(19)20/h1-3,5,7H,4,6H2,(H,15,21)(H,19,20). The number of carboxylic acid groups (broad SMARTS) is 1. The first kappa shape index (κ1) is 16.4. The van der Waals surface area contributed by atoms with Crippen molar-refractivity contribution in [2.45, 2.75) is 13.0 Å². The monoisotopic (exact) mass is 338 g/mol. The molecular formula is C13H11ClN4O5. The van der Waals surface area contributed by atoms with E-state index in [-0.39, 0.29) is 35.1 Å². The molecule has 0 saturated heterocycles. The minimum Gasteiger partial charge on any atom is -0.481 e. The molecule has 1 aromatic heterocycles. The van der Waals surface area contributed by atoms with E-state index in [2.05, 4.69) is 10.4 Å². The van der Waals surface area contributed by atoms with Crippen LogP contribution in [0.1, 0.15) is 16.9 Å². The molecule has 0 radical (unpaired) electrons. The number of non-ortho nitro benzene ring substituents is 1. The third-order valence-electron chi connectivity index (χ3n) is 2.84. The van der Waals surface area contributed by atoms with Gasteiger partial charge in [-0.1, -0.05) is 11.6 Å². The van der Waals surface area contributed by atoms with Crippen molar-refractivity contribution in [3.05, 3.63) is 51.3 Å². The summed E-state index contributed by atoms with van der Waals surface area (Å²) in [5, 5.41) is 25.8. The summed E-state index contributed by atoms with van der Waals surface area (Å²) in [5.41, 5.74) is -0.0828. The van der Waals surface area contributed by atoms with Crippen LogP contribution in [0.3, 0.4) is 0 Å². The van der Waals surface area contributed by atoms with Gasteiger partial charge in [0, 0.05) is 18.3 Å². The van der Waals surface area contributed by atoms with Crippen molar-refractivity contribution in [2.24, 2.45) is 0 Å². The number of nitro benzene ring substituents is 1. The average molecular weight is 339 g/mol. The van der Waals surface area contributed by atoms with Crippen LogP contribution in [0.5, 0.6) is 0 Å². The van der Waals surface area contributed by atoms with Gasteiger partial charge in [-0.2, -0.15) is 5.10 Å². The Morgan fingerprint density at radius 2 is 2.13 bits per heavy atom. The van der Waals surface area contributed by atoms with Gasteiger partial charge in [-0.05, 0) is 12.1 Å². The zero-order valence-electron chi connectivity index (χ0n) is 11.6. The van der Waals surface area contributed by atoms with E-state index in [4.69, 9.17) is 16.7 Å². The van der Waals surface area contributed by atoms with Crippen LogP contribution in [0.25, 0.3) is 0 Å². The third-order valence-corrected chi connectivity index (χ3v) is 3.17. The molecule has 0 bridgehead atoms. The number of nitrogens with zero attached hydrogens (tertiary/aromatic N) is 3. The second kappa shape index (κ2) is 6.88. The molecule has 1 heterocycles. The molecule has 0 aliphatic heterocycles. The Bertz CT molecular complexity index is 773. The van der Waals surface area contributed by atoms with Gasteiger partial charge >= 0.3 is 5.97 Å². The van der Waals surface area contributed by atoms with Crippen LogP contribution in [0.4, 0.5) is 11.4 Å². The number of carboxylic acids is 1. The number of nitro groups is 1. The lowest BCUT2D eigenvalue weighted by Gasteiger charge is -2.05. The highest BCUT2D eigenvalue weighted by Crippen LogP contribution is 2.26. The smallest absolute Gasteiger partial charge is 0.305 e. The summed E-state index contributed by atoms with van der Waals surface area (Å²) in [7, 11) is 0. The molecule has 0 aliphatic carbocycles. The number of hydrogen-bond donors (Lipinski definition) is 2. The Hall–Kier alpha value is -2.94. The van der Waals surface area contributed by atoms with E-state index in [0.717, 1.165) is 6.07 Å². The van der Waals surface area contributed by atoms with Crippen LogP contribution < -0.4 is 5.32 Å². The van der Waals surface area contributed by atoms with Crippen molar-refractivity contribution >= 4 is 34.9 Å². The number of carbonyl (C=O) groups is 2. The molecule has 0 atom stereocenters. The lowest BCUT2D eigenvalue weighted by Crippen LogP contribution is -2.14. The fraction of sp³-hybridized carbons (Fsp3) is 0.154. The zero-order valence-corrected chi connectivity index (χ0v) is 12.4. The predicted octanol–water partition coefficient (Wildman–Crippen LogP) is 2.17. The van der Waals surface area contributed by atoms with Gasteiger partial charge in [0.1, 0.15) is 0 Å². The molecule has 23 heavy (non-hydrogen) atoms. The summed E-state index contributed by atoms with van der Waals surface area (Å²) in [6.07, 6.45) is 1.34. The summed E-state index contributed by atoms with van der Waals surface area (Å²) >= 11 is 5.89. The molecule has 0 spiro atoms. The van der Waals surface area contributed by atoms with Crippen molar-refractivity contribution in [1.29, 1.82) is 0 Å². The van der Waals surface area contributed by atoms with E-state index < -0.39 is 16.8 Å². The van der Waals surface area contributed by atoms with Crippen molar-refractivity contribution in [2.75, 3.05) is 5.32 Å². The maximum absolute atomic E-state index is 12.1. The van der Waals surface area contributed by atoms with Crippen LogP contribution in [0.2, 0.25) is 5.02 Å². The topological polar surface area (TPSA) is 127 Å². The number of carbonyl (C=O) groups excluding carboxylic acids is 1. The van der Waals surface area contributed by atoms with Crippen molar-refractivity contribution in [3.8, 4) is 0 Å². The van der Waals surface area contributed by atoms with E-state index in [1.165, 1.54) is 29.1 Å². The van der Waals surface area contributed by atoms with Gasteiger partial charge in [0.05, 0.1) is 28.6 Å². The highest BCUT2D eigenvalue weighted by Gasteiger charge is 2.15. The van der Waals surface area contributed by atoms with Gasteiger partial charge < -0.3 is 10.4 Å². The van der Waals surface area contributed by atoms with E-state index in [1.807, 2.05) is 0 Å². The lowest BCUT2D eigenvalue weighted by molar-refractivity contribution is -0.384. The molecule has 2 aromatic rings. The molecule has 120 valence electrons. The molecule has 9 nitrogen and oxygen atoms in total. The van der Waals surface area contributed by atoms with Crippen LogP contribution in [0.15, 0.2) is 30.5 Å². The number of amides is 1. The second-order valence-corrected chi connectivity index (χ2v) is 4.89. The highest BCUT2D eigenvalue weighted by atomic mass is 35.5. The summed E-state index contributed by atoms with van der Waals surface area (Å²) in [6.45, 7) is 0.125. The number of anilines is 1. The number of halogens is 1. The lowest BCUT2D eigenvalue weighted by atomic mass is 10.2. The summed E-state index contributed by atoms with van der Waals surface area (Å²) in [4.78, 5) is 32.7. The van der Waals surface area contributed by atoms with Gasteiger partial charge in [-0.3, -0.25) is 24.4 Å². The Labute approximate surface area is 134 Å². The minimum absolute atomic E-state index is 0.0398. The zero-order chi connectivity index (χ0) is 17.0. The van der Waals surface area contributed by atoms with Crippen LogP contribution in [-0.2, 0) is 11.3 Å². The van der Waals surface area contributed by atoms with Gasteiger partial charge in [-0.15, -0.1) is 0 Å². The average Bonchev–Trinajstić information content (AvgIpc) is 2.96. The first-order valence-electron chi connectivity index (χ1n) is 6.37. The van der Waals surface area contributed by atoms with Gasteiger partial charge in [0.25, 0.3) is 11.6 Å². The van der Waals surface area contributed by atoms with E-state index in [1.54, 1.807) is 0 Å². The third kappa shape index (κ3) is 4.27. The summed E-state index contributed by atoms with van der Waals surface area (Å²) in [6, 6.07) is 5.07. The first-order chi connectivity index (χ1) is 10.9. The van der Waals surface area contributed by atoms with Crippen LogP contribution >= 0.6 is 11.6 Å². The van der Waals surface area contributed by atoms with Crippen LogP contribution in [-0.4, -0.2) is 31.7 Å². The fourth-order valence-corrected chi connectivity index (χ4v) is 1.89. The van der Waals surface area contributed by atoms with E-state index in [9.17, 15) is 19.7 Å². The molecule has 2 rings (SSSR count). The summed E-state index contributed by atoms with van der Waals surface area (Å²) < 4.78 is 1.32. The van der Waals surface area contributed by atoms with Gasteiger partial charge in [0.2, 0.25) is 0 Å². The first-order valence-corrected chi connectivity index (χ1v) is 6.75. The molecule has 0 saturated carbocycles. The number of aliphatic carboxylic acids is 1. The molecule has 1 aromatic carbocycles. The van der Waals surface area contributed by atoms with Crippen molar-refractivity contribution < 1.29 is 19.6 Å². The quantitative estimate of drug-likeness (QED) is 0.613. The Balaban J connectivity index is 2.11. The number of aromatic nitrogens is 2. The molecule has 10 heteroatoms. The number of nitrogens with one attached hydrogen (secondary N) is 1. The molecule has 1 amide bonds. The molecule has 2 N–H and O–H groups in total. The number of benzene rings is 1. The molecule has 0 aliphatic rings. The van der Waals surface area contributed by atoms with E-state index in [0.29, 0.717) is 0 Å².